The molecule has 1 N–H and O–H groups in total. The minimum Gasteiger partial charge on any atom is -0.508 e. The smallest absolute Gasteiger partial charge is 0.120 e. The Kier molecular flexibility index (Phi) is 5.23. The van der Waals surface area contributed by atoms with Crippen LogP contribution in [0, 0.1) is 5.92 Å². The molecule has 0 amide bonds. The Morgan fingerprint density at radius 2 is 2.00 bits per heavy atom. The van der Waals surface area contributed by atoms with Gasteiger partial charge in [-0.2, -0.15) is 0 Å². The molecule has 1 heterocycles. The van der Waals surface area contributed by atoms with E-state index < -0.39 is 0 Å². The zero-order chi connectivity index (χ0) is 13.7. The van der Waals surface area contributed by atoms with Gasteiger partial charge in [0.15, 0.2) is 0 Å². The van der Waals surface area contributed by atoms with Crippen molar-refractivity contribution in [2.24, 2.45) is 5.92 Å². The monoisotopic (exact) mass is 263 g/mol. The number of likely N-dealkylation sites (tertiary alicyclic amines) is 1. The maximum atomic E-state index is 10.0. The van der Waals surface area contributed by atoms with Crippen molar-refractivity contribution in [1.29, 1.82) is 0 Å². The SMILES string of the molecule is CCC(c1ccccc1O)N1CCC(COC)CC1. The summed E-state index contributed by atoms with van der Waals surface area (Å²) in [6.45, 7) is 5.27. The average Bonchev–Trinajstić information content (AvgIpc) is 2.44. The molecule has 1 fully saturated rings. The van der Waals surface area contributed by atoms with E-state index in [-0.39, 0.29) is 0 Å². The molecular weight excluding hydrogens is 238 g/mol. The normalized spacial score (nSPS) is 19.5. The first-order valence-corrected chi connectivity index (χ1v) is 7.27. The van der Waals surface area contributed by atoms with Gasteiger partial charge in [-0.1, -0.05) is 25.1 Å². The van der Waals surface area contributed by atoms with E-state index >= 15 is 0 Å². The number of ether oxygens (including phenoxy) is 1. The van der Waals surface area contributed by atoms with Crippen molar-refractivity contribution in [3.63, 3.8) is 0 Å². The molecule has 0 saturated carbocycles. The maximum absolute atomic E-state index is 10.0. The third kappa shape index (κ3) is 3.48. The minimum absolute atomic E-state index is 0.338. The summed E-state index contributed by atoms with van der Waals surface area (Å²) in [5, 5.41) is 10.0. The molecule has 0 bridgehead atoms. The van der Waals surface area contributed by atoms with Crippen LogP contribution in [0.3, 0.4) is 0 Å². The van der Waals surface area contributed by atoms with Gasteiger partial charge in [-0.15, -0.1) is 0 Å². The molecule has 1 unspecified atom stereocenters. The number of hydrogen-bond donors (Lipinski definition) is 1. The lowest BCUT2D eigenvalue weighted by Gasteiger charge is -2.37. The second kappa shape index (κ2) is 6.92. The lowest BCUT2D eigenvalue weighted by atomic mass is 9.93. The Hall–Kier alpha value is -1.06. The van der Waals surface area contributed by atoms with E-state index in [9.17, 15) is 5.11 Å². The lowest BCUT2D eigenvalue weighted by molar-refractivity contribution is 0.0775. The highest BCUT2D eigenvalue weighted by atomic mass is 16.5. The molecule has 106 valence electrons. The Morgan fingerprint density at radius 1 is 1.32 bits per heavy atom. The van der Waals surface area contributed by atoms with Crippen LogP contribution in [-0.2, 0) is 4.74 Å². The van der Waals surface area contributed by atoms with Gasteiger partial charge in [0, 0.05) is 25.3 Å². The molecule has 1 aliphatic heterocycles. The van der Waals surface area contributed by atoms with Crippen LogP contribution in [0.2, 0.25) is 0 Å². The van der Waals surface area contributed by atoms with Gasteiger partial charge < -0.3 is 9.84 Å². The number of phenols is 1. The van der Waals surface area contributed by atoms with Crippen molar-refractivity contribution in [3.8, 4) is 5.75 Å². The molecular formula is C16H25NO2. The van der Waals surface area contributed by atoms with Crippen molar-refractivity contribution >= 4 is 0 Å². The summed E-state index contributed by atoms with van der Waals surface area (Å²) in [5.41, 5.74) is 1.06. The van der Waals surface area contributed by atoms with Crippen LogP contribution in [0.1, 0.15) is 37.8 Å². The number of piperidine rings is 1. The van der Waals surface area contributed by atoms with E-state index in [1.54, 1.807) is 13.2 Å². The average molecular weight is 263 g/mol. The number of rotatable bonds is 5. The van der Waals surface area contributed by atoms with Gasteiger partial charge in [-0.05, 0) is 44.3 Å². The zero-order valence-corrected chi connectivity index (χ0v) is 12.0. The number of aromatic hydroxyl groups is 1. The third-order valence-corrected chi connectivity index (χ3v) is 4.17. The molecule has 3 nitrogen and oxygen atoms in total. The molecule has 0 radical (unpaired) electrons. The second-order valence-corrected chi connectivity index (χ2v) is 5.42. The molecule has 0 spiro atoms. The molecule has 0 aliphatic carbocycles. The number of nitrogens with zero attached hydrogens (tertiary/aromatic N) is 1. The molecule has 1 aromatic carbocycles. The summed E-state index contributed by atoms with van der Waals surface area (Å²) < 4.78 is 5.25. The summed E-state index contributed by atoms with van der Waals surface area (Å²) >= 11 is 0. The first kappa shape index (κ1) is 14.4. The van der Waals surface area contributed by atoms with Gasteiger partial charge in [0.2, 0.25) is 0 Å². The Balaban J connectivity index is 2.02. The van der Waals surface area contributed by atoms with Gasteiger partial charge in [0.25, 0.3) is 0 Å². The fourth-order valence-electron chi connectivity index (χ4n) is 3.11. The van der Waals surface area contributed by atoms with Crippen molar-refractivity contribution in [2.75, 3.05) is 26.8 Å². The predicted octanol–water partition coefficient (Wildman–Crippen LogP) is 3.20. The molecule has 0 aromatic heterocycles. The lowest BCUT2D eigenvalue weighted by Crippen LogP contribution is -2.37. The molecule has 1 aromatic rings. The van der Waals surface area contributed by atoms with Crippen molar-refractivity contribution in [2.45, 2.75) is 32.2 Å². The van der Waals surface area contributed by atoms with E-state index in [1.165, 1.54) is 12.8 Å². The standard InChI is InChI=1S/C16H25NO2/c1-3-15(14-6-4-5-7-16(14)18)17-10-8-13(9-11-17)12-19-2/h4-7,13,15,18H,3,8-12H2,1-2H3. The topological polar surface area (TPSA) is 32.7 Å². The molecule has 2 rings (SSSR count). The zero-order valence-electron chi connectivity index (χ0n) is 12.0. The molecule has 1 aliphatic rings. The quantitative estimate of drug-likeness (QED) is 0.885. The molecule has 19 heavy (non-hydrogen) atoms. The Morgan fingerprint density at radius 3 is 2.58 bits per heavy atom. The fourth-order valence-corrected chi connectivity index (χ4v) is 3.11. The second-order valence-electron chi connectivity index (χ2n) is 5.42. The van der Waals surface area contributed by atoms with Crippen LogP contribution in [0.5, 0.6) is 5.75 Å². The number of hydrogen-bond acceptors (Lipinski definition) is 3. The van der Waals surface area contributed by atoms with Gasteiger partial charge in [-0.25, -0.2) is 0 Å². The summed E-state index contributed by atoms with van der Waals surface area (Å²) in [5.74, 6) is 1.12. The molecule has 1 saturated heterocycles. The van der Waals surface area contributed by atoms with Gasteiger partial charge >= 0.3 is 0 Å². The van der Waals surface area contributed by atoms with Crippen LogP contribution >= 0.6 is 0 Å². The highest BCUT2D eigenvalue weighted by Gasteiger charge is 2.26. The van der Waals surface area contributed by atoms with Crippen molar-refractivity contribution < 1.29 is 9.84 Å². The van der Waals surface area contributed by atoms with Crippen LogP contribution < -0.4 is 0 Å². The van der Waals surface area contributed by atoms with Gasteiger partial charge in [-0.3, -0.25) is 4.90 Å². The van der Waals surface area contributed by atoms with Crippen LogP contribution in [-0.4, -0.2) is 36.8 Å². The highest BCUT2D eigenvalue weighted by molar-refractivity contribution is 5.34. The summed E-state index contributed by atoms with van der Waals surface area (Å²) in [6, 6.07) is 8.07. The number of benzene rings is 1. The van der Waals surface area contributed by atoms with E-state index in [4.69, 9.17) is 4.74 Å². The first-order valence-electron chi connectivity index (χ1n) is 7.27. The van der Waals surface area contributed by atoms with E-state index in [1.807, 2.05) is 18.2 Å². The summed E-state index contributed by atoms with van der Waals surface area (Å²) in [4.78, 5) is 2.50. The first-order chi connectivity index (χ1) is 9.26. The Bertz CT molecular complexity index is 386. The van der Waals surface area contributed by atoms with E-state index in [0.29, 0.717) is 17.7 Å². The molecule has 3 heteroatoms. The number of methoxy groups -OCH3 is 1. The molecule has 1 atom stereocenters. The van der Waals surface area contributed by atoms with Crippen LogP contribution in [0.4, 0.5) is 0 Å². The predicted molar refractivity (Wildman–Crippen MR) is 77.3 cm³/mol. The van der Waals surface area contributed by atoms with Gasteiger partial charge in [0.05, 0.1) is 0 Å². The summed E-state index contributed by atoms with van der Waals surface area (Å²) in [6.07, 6.45) is 3.42. The fraction of sp³-hybridized carbons (Fsp3) is 0.625. The van der Waals surface area contributed by atoms with Crippen LogP contribution in [0.15, 0.2) is 24.3 Å². The van der Waals surface area contributed by atoms with E-state index in [0.717, 1.165) is 31.7 Å². The largest absolute Gasteiger partial charge is 0.508 e. The van der Waals surface area contributed by atoms with E-state index in [2.05, 4.69) is 11.8 Å². The van der Waals surface area contributed by atoms with Crippen LogP contribution in [0.25, 0.3) is 0 Å². The van der Waals surface area contributed by atoms with Crippen molar-refractivity contribution in [3.05, 3.63) is 29.8 Å². The minimum atomic E-state index is 0.338. The maximum Gasteiger partial charge on any atom is 0.120 e. The number of phenolic OH excluding ortho intramolecular Hbond substituents is 1. The van der Waals surface area contributed by atoms with Crippen molar-refractivity contribution in [1.82, 2.24) is 4.90 Å². The Labute approximate surface area is 116 Å². The highest BCUT2D eigenvalue weighted by Crippen LogP contribution is 2.33. The third-order valence-electron chi connectivity index (χ3n) is 4.17. The van der Waals surface area contributed by atoms with Gasteiger partial charge in [0.1, 0.15) is 5.75 Å². The number of para-hydroxylation sites is 1. The summed E-state index contributed by atoms with van der Waals surface area (Å²) in [7, 11) is 1.78.